The fourth-order valence-electron chi connectivity index (χ4n) is 4.68. The van der Waals surface area contributed by atoms with E-state index in [0.29, 0.717) is 12.2 Å². The second kappa shape index (κ2) is 8.26. The molecule has 0 fully saturated rings. The number of methoxy groups -OCH3 is 1. The molecule has 0 saturated carbocycles. The molecule has 0 atom stereocenters. The third kappa shape index (κ3) is 3.57. The molecule has 1 aliphatic rings. The van der Waals surface area contributed by atoms with Gasteiger partial charge in [-0.25, -0.2) is 8.42 Å². The van der Waals surface area contributed by atoms with E-state index >= 15 is 0 Å². The number of rotatable bonds is 6. The Morgan fingerprint density at radius 1 is 1.12 bits per heavy atom. The molecule has 4 rings (SSSR count). The van der Waals surface area contributed by atoms with Crippen LogP contribution in [-0.4, -0.2) is 50.1 Å². The Balaban J connectivity index is 2.12. The van der Waals surface area contributed by atoms with Crippen molar-refractivity contribution < 1.29 is 23.1 Å². The minimum atomic E-state index is -3.72. The van der Waals surface area contributed by atoms with Crippen molar-refractivity contribution in [2.75, 3.05) is 30.3 Å². The standard InChI is InChI=1S/C24H28N2O5S/c1-15-5-7-18(8-6-15)22-19(14-21(28)31-4)17(3)23-24-20(22)13-16(2)25(24)9-10-26(23)32(29,30)12-11-27/h5-8,13,27H,9-12,14H2,1-4H3. The SMILES string of the molecule is COC(=O)Cc1c(C)c2c3c(cc(C)n3CCN2S(=O)(=O)CCO)c1-c1ccc(C)cc1. The number of carbonyl (C=O) groups excluding carboxylic acids is 1. The van der Waals surface area contributed by atoms with Gasteiger partial charge in [0.1, 0.15) is 0 Å². The maximum Gasteiger partial charge on any atom is 0.310 e. The summed E-state index contributed by atoms with van der Waals surface area (Å²) in [6.45, 7) is 6.25. The number of anilines is 1. The summed E-state index contributed by atoms with van der Waals surface area (Å²) in [5.41, 5.74) is 6.98. The van der Waals surface area contributed by atoms with Crippen molar-refractivity contribution in [3.8, 4) is 11.1 Å². The monoisotopic (exact) mass is 456 g/mol. The van der Waals surface area contributed by atoms with Gasteiger partial charge in [-0.3, -0.25) is 9.10 Å². The summed E-state index contributed by atoms with van der Waals surface area (Å²) in [6, 6.07) is 10.2. The Hall–Kier alpha value is -2.84. The van der Waals surface area contributed by atoms with E-state index in [2.05, 4.69) is 10.6 Å². The lowest BCUT2D eigenvalue weighted by Gasteiger charge is -2.33. The number of sulfonamides is 1. The fourth-order valence-corrected chi connectivity index (χ4v) is 5.99. The molecule has 0 unspecified atom stereocenters. The molecule has 8 heteroatoms. The first-order chi connectivity index (χ1) is 15.2. The van der Waals surface area contributed by atoms with Crippen LogP contribution in [-0.2, 0) is 32.5 Å². The zero-order valence-electron chi connectivity index (χ0n) is 18.8. The number of nitrogens with zero attached hydrogens (tertiary/aromatic N) is 2. The lowest BCUT2D eigenvalue weighted by Crippen LogP contribution is -2.40. The number of aliphatic hydroxyl groups excluding tert-OH is 1. The molecule has 7 nitrogen and oxygen atoms in total. The zero-order valence-corrected chi connectivity index (χ0v) is 19.6. The molecule has 2 heterocycles. The van der Waals surface area contributed by atoms with Crippen molar-refractivity contribution in [1.29, 1.82) is 0 Å². The molecule has 2 aromatic carbocycles. The predicted octanol–water partition coefficient (Wildman–Crippen LogP) is 3.09. The largest absolute Gasteiger partial charge is 0.469 e. The van der Waals surface area contributed by atoms with Gasteiger partial charge in [-0.2, -0.15) is 0 Å². The van der Waals surface area contributed by atoms with E-state index in [1.807, 2.05) is 45.0 Å². The maximum atomic E-state index is 13.0. The topological polar surface area (TPSA) is 88.8 Å². The van der Waals surface area contributed by atoms with Gasteiger partial charge in [0.15, 0.2) is 0 Å². The van der Waals surface area contributed by atoms with Crippen LogP contribution in [0, 0.1) is 20.8 Å². The summed E-state index contributed by atoms with van der Waals surface area (Å²) in [5, 5.41) is 10.3. The Kier molecular flexibility index (Phi) is 5.77. The van der Waals surface area contributed by atoms with Crippen molar-refractivity contribution in [2.45, 2.75) is 33.7 Å². The van der Waals surface area contributed by atoms with Crippen LogP contribution in [0.3, 0.4) is 0 Å². The molecule has 0 radical (unpaired) electrons. The van der Waals surface area contributed by atoms with E-state index in [0.717, 1.165) is 44.4 Å². The molecule has 0 spiro atoms. The van der Waals surface area contributed by atoms with E-state index < -0.39 is 16.6 Å². The lowest BCUT2D eigenvalue weighted by atomic mass is 9.89. The average Bonchev–Trinajstić information content (AvgIpc) is 3.09. The van der Waals surface area contributed by atoms with Gasteiger partial charge in [-0.15, -0.1) is 0 Å². The molecule has 1 aliphatic heterocycles. The average molecular weight is 457 g/mol. The van der Waals surface area contributed by atoms with E-state index in [9.17, 15) is 18.3 Å². The third-order valence-corrected chi connectivity index (χ3v) is 7.99. The Labute approximate surface area is 188 Å². The summed E-state index contributed by atoms with van der Waals surface area (Å²) >= 11 is 0. The van der Waals surface area contributed by atoms with E-state index in [-0.39, 0.29) is 24.7 Å². The normalized spacial score (nSPS) is 13.6. The summed E-state index contributed by atoms with van der Waals surface area (Å²) < 4.78 is 34.6. The number of carbonyl (C=O) groups is 1. The predicted molar refractivity (Wildman–Crippen MR) is 126 cm³/mol. The zero-order chi connectivity index (χ0) is 23.2. The highest BCUT2D eigenvalue weighted by molar-refractivity contribution is 7.92. The van der Waals surface area contributed by atoms with Gasteiger partial charge in [-0.05, 0) is 49.1 Å². The maximum absolute atomic E-state index is 13.0. The van der Waals surface area contributed by atoms with Crippen LogP contribution in [0.2, 0.25) is 0 Å². The van der Waals surface area contributed by atoms with Crippen LogP contribution in [0.5, 0.6) is 0 Å². The summed E-state index contributed by atoms with van der Waals surface area (Å²) in [4.78, 5) is 12.4. The number of hydrogen-bond donors (Lipinski definition) is 1. The van der Waals surface area contributed by atoms with Crippen molar-refractivity contribution in [3.63, 3.8) is 0 Å². The fraction of sp³-hybridized carbons (Fsp3) is 0.375. The second-order valence-electron chi connectivity index (χ2n) is 8.26. The minimum absolute atomic E-state index is 0.0343. The smallest absolute Gasteiger partial charge is 0.310 e. The third-order valence-electron chi connectivity index (χ3n) is 6.26. The molecule has 170 valence electrons. The molecular weight excluding hydrogens is 428 g/mol. The van der Waals surface area contributed by atoms with Crippen LogP contribution in [0.25, 0.3) is 22.0 Å². The second-order valence-corrected chi connectivity index (χ2v) is 10.3. The van der Waals surface area contributed by atoms with Gasteiger partial charge in [0, 0.05) is 17.6 Å². The van der Waals surface area contributed by atoms with Gasteiger partial charge >= 0.3 is 5.97 Å². The Bertz CT molecular complexity index is 1310. The first-order valence-electron chi connectivity index (χ1n) is 10.6. The van der Waals surface area contributed by atoms with E-state index in [1.165, 1.54) is 11.4 Å². The summed E-state index contributed by atoms with van der Waals surface area (Å²) in [7, 11) is -2.36. The molecule has 1 aromatic heterocycles. The lowest BCUT2D eigenvalue weighted by molar-refractivity contribution is -0.139. The summed E-state index contributed by atoms with van der Waals surface area (Å²) in [5.74, 6) is -0.732. The number of benzene rings is 2. The Morgan fingerprint density at radius 3 is 2.44 bits per heavy atom. The van der Waals surface area contributed by atoms with Crippen molar-refractivity contribution in [3.05, 3.63) is 52.7 Å². The van der Waals surface area contributed by atoms with Crippen LogP contribution in [0.4, 0.5) is 5.69 Å². The highest BCUT2D eigenvalue weighted by Gasteiger charge is 2.33. The number of aryl methyl sites for hydroxylation is 2. The highest BCUT2D eigenvalue weighted by atomic mass is 32.2. The first-order valence-corrected chi connectivity index (χ1v) is 12.2. The number of aromatic nitrogens is 1. The van der Waals surface area contributed by atoms with Gasteiger partial charge in [0.25, 0.3) is 0 Å². The molecule has 3 aromatic rings. The molecule has 0 saturated heterocycles. The number of hydrogen-bond acceptors (Lipinski definition) is 5. The van der Waals surface area contributed by atoms with E-state index in [4.69, 9.17) is 4.74 Å². The van der Waals surface area contributed by atoms with Crippen molar-refractivity contribution in [1.82, 2.24) is 4.57 Å². The minimum Gasteiger partial charge on any atom is -0.469 e. The van der Waals surface area contributed by atoms with Crippen LogP contribution in [0.1, 0.15) is 22.4 Å². The highest BCUT2D eigenvalue weighted by Crippen LogP contribution is 2.45. The Morgan fingerprint density at radius 2 is 1.81 bits per heavy atom. The van der Waals surface area contributed by atoms with E-state index in [1.54, 1.807) is 0 Å². The van der Waals surface area contributed by atoms with Crippen molar-refractivity contribution >= 4 is 32.6 Å². The van der Waals surface area contributed by atoms with Crippen molar-refractivity contribution in [2.24, 2.45) is 0 Å². The van der Waals surface area contributed by atoms with Crippen LogP contribution < -0.4 is 4.31 Å². The number of ether oxygens (including phenoxy) is 1. The van der Waals surface area contributed by atoms with Gasteiger partial charge < -0.3 is 14.4 Å². The number of aliphatic hydroxyl groups is 1. The molecule has 0 amide bonds. The van der Waals surface area contributed by atoms with Crippen LogP contribution >= 0.6 is 0 Å². The van der Waals surface area contributed by atoms with Gasteiger partial charge in [0.05, 0.1) is 43.6 Å². The quantitative estimate of drug-likeness (QED) is 0.576. The van der Waals surface area contributed by atoms with Gasteiger partial charge in [-0.1, -0.05) is 29.8 Å². The van der Waals surface area contributed by atoms with Crippen LogP contribution in [0.15, 0.2) is 30.3 Å². The molecular formula is C24H28N2O5S. The van der Waals surface area contributed by atoms with Gasteiger partial charge in [0.2, 0.25) is 10.0 Å². The first kappa shape index (κ1) is 22.4. The summed E-state index contributed by atoms with van der Waals surface area (Å²) in [6.07, 6.45) is 0.0343. The number of esters is 1. The molecule has 1 N–H and O–H groups in total. The molecule has 0 bridgehead atoms. The molecule has 32 heavy (non-hydrogen) atoms. The molecule has 0 aliphatic carbocycles.